The maximum absolute atomic E-state index is 5.69. The van der Waals surface area contributed by atoms with Crippen LogP contribution >= 0.6 is 34.7 Å². The van der Waals surface area contributed by atoms with Crippen LogP contribution in [0.1, 0.15) is 11.3 Å². The molecule has 0 bridgehead atoms. The third-order valence-corrected chi connectivity index (χ3v) is 4.53. The number of nitrogens with zero attached hydrogens (tertiary/aromatic N) is 1. The van der Waals surface area contributed by atoms with Crippen molar-refractivity contribution in [3.63, 3.8) is 0 Å². The molecule has 0 aromatic carbocycles. The molecule has 2 heterocycles. The molecule has 1 atom stereocenters. The van der Waals surface area contributed by atoms with Crippen molar-refractivity contribution in [2.75, 3.05) is 12.1 Å². The summed E-state index contributed by atoms with van der Waals surface area (Å²) in [5.41, 5.74) is 1.03. The molecular formula is C9H10ClNOS2. The van der Waals surface area contributed by atoms with Crippen LogP contribution in [0.3, 0.4) is 0 Å². The van der Waals surface area contributed by atoms with Gasteiger partial charge in [-0.25, -0.2) is 0 Å². The van der Waals surface area contributed by atoms with Crippen molar-refractivity contribution in [2.45, 2.75) is 16.7 Å². The summed E-state index contributed by atoms with van der Waals surface area (Å²) in [7, 11) is 0. The van der Waals surface area contributed by atoms with Gasteiger partial charge in [-0.05, 0) is 18.4 Å². The molecule has 0 saturated carbocycles. The number of hydrogen-bond donors (Lipinski definition) is 0. The monoisotopic (exact) mass is 247 g/mol. The molecule has 0 spiro atoms. The van der Waals surface area contributed by atoms with Gasteiger partial charge in [0.05, 0.1) is 15.0 Å². The van der Waals surface area contributed by atoms with Crippen LogP contribution in [0.4, 0.5) is 0 Å². The molecule has 0 amide bonds. The molecule has 5 heteroatoms. The smallest absolute Gasteiger partial charge is 0.146 e. The van der Waals surface area contributed by atoms with E-state index in [0.29, 0.717) is 5.88 Å². The lowest BCUT2D eigenvalue weighted by Gasteiger charge is -1.99. The number of thiophene rings is 1. The van der Waals surface area contributed by atoms with Crippen molar-refractivity contribution in [2.24, 2.45) is 5.16 Å². The lowest BCUT2D eigenvalue weighted by molar-refractivity contribution is 0.102. The van der Waals surface area contributed by atoms with Gasteiger partial charge in [0.25, 0.3) is 0 Å². The normalized spacial score (nSPS) is 20.7. The molecule has 1 aliphatic heterocycles. The van der Waals surface area contributed by atoms with E-state index in [-0.39, 0.29) is 6.10 Å². The fourth-order valence-electron chi connectivity index (χ4n) is 1.24. The van der Waals surface area contributed by atoms with Crippen LogP contribution in [0, 0.1) is 0 Å². The quantitative estimate of drug-likeness (QED) is 0.604. The van der Waals surface area contributed by atoms with Gasteiger partial charge in [-0.15, -0.1) is 34.7 Å². The first-order valence-electron chi connectivity index (χ1n) is 4.26. The van der Waals surface area contributed by atoms with Crippen LogP contribution < -0.4 is 0 Å². The largest absolute Gasteiger partial charge is 0.391 e. The van der Waals surface area contributed by atoms with E-state index in [0.717, 1.165) is 12.1 Å². The van der Waals surface area contributed by atoms with Gasteiger partial charge >= 0.3 is 0 Å². The fourth-order valence-corrected chi connectivity index (χ4v) is 2.94. The molecule has 1 aromatic heterocycles. The van der Waals surface area contributed by atoms with Gasteiger partial charge in [-0.1, -0.05) is 5.16 Å². The molecule has 0 N–H and O–H groups in total. The molecular weight excluding hydrogens is 238 g/mol. The Bertz CT molecular complexity index is 350. The van der Waals surface area contributed by atoms with E-state index in [2.05, 4.69) is 23.5 Å². The molecule has 2 rings (SSSR count). The van der Waals surface area contributed by atoms with E-state index in [1.165, 1.54) is 9.09 Å². The Morgan fingerprint density at radius 2 is 2.57 bits per heavy atom. The maximum atomic E-state index is 5.69. The van der Waals surface area contributed by atoms with E-state index in [1.54, 1.807) is 23.1 Å². The molecule has 14 heavy (non-hydrogen) atoms. The number of hydrogen-bond acceptors (Lipinski definition) is 4. The maximum Gasteiger partial charge on any atom is 0.146 e. The minimum atomic E-state index is 0.0616. The van der Waals surface area contributed by atoms with E-state index in [4.69, 9.17) is 16.4 Å². The van der Waals surface area contributed by atoms with Gasteiger partial charge in [0, 0.05) is 6.42 Å². The second-order valence-corrected chi connectivity index (χ2v) is 5.45. The number of alkyl halides is 1. The van der Waals surface area contributed by atoms with E-state index in [1.807, 2.05) is 0 Å². The predicted molar refractivity (Wildman–Crippen MR) is 62.8 cm³/mol. The molecule has 0 aliphatic carbocycles. The van der Waals surface area contributed by atoms with Crippen molar-refractivity contribution in [1.82, 2.24) is 0 Å². The summed E-state index contributed by atoms with van der Waals surface area (Å²) in [6.07, 6.45) is 2.97. The third kappa shape index (κ3) is 2.07. The standard InChI is InChI=1S/C9H10ClNOS2/c1-13-9-3-2-8(14-9)7-4-6(5-10)12-11-7/h2-3,6H,4-5H2,1H3. The first-order chi connectivity index (χ1) is 6.83. The number of oxime groups is 1. The van der Waals surface area contributed by atoms with Crippen molar-refractivity contribution in [3.05, 3.63) is 17.0 Å². The Morgan fingerprint density at radius 3 is 3.14 bits per heavy atom. The lowest BCUT2D eigenvalue weighted by Crippen LogP contribution is -2.08. The highest BCUT2D eigenvalue weighted by Crippen LogP contribution is 2.28. The average Bonchev–Trinajstić information content (AvgIpc) is 2.86. The molecule has 0 radical (unpaired) electrons. The van der Waals surface area contributed by atoms with Crippen LogP contribution in [0.25, 0.3) is 0 Å². The minimum Gasteiger partial charge on any atom is -0.391 e. The van der Waals surface area contributed by atoms with Crippen molar-refractivity contribution in [1.29, 1.82) is 0 Å². The third-order valence-electron chi connectivity index (χ3n) is 1.97. The highest BCUT2D eigenvalue weighted by molar-refractivity contribution is 8.00. The Morgan fingerprint density at radius 1 is 1.71 bits per heavy atom. The van der Waals surface area contributed by atoms with Crippen LogP contribution in [0.2, 0.25) is 0 Å². The zero-order chi connectivity index (χ0) is 9.97. The van der Waals surface area contributed by atoms with Gasteiger partial charge in [-0.3, -0.25) is 0 Å². The van der Waals surface area contributed by atoms with Gasteiger partial charge in [0.1, 0.15) is 11.8 Å². The van der Waals surface area contributed by atoms with Crippen molar-refractivity contribution < 1.29 is 4.84 Å². The summed E-state index contributed by atoms with van der Waals surface area (Å²) in [5, 5.41) is 4.04. The lowest BCUT2D eigenvalue weighted by atomic mass is 10.2. The van der Waals surface area contributed by atoms with Crippen molar-refractivity contribution in [3.8, 4) is 0 Å². The zero-order valence-corrected chi connectivity index (χ0v) is 10.1. The van der Waals surface area contributed by atoms with Crippen LogP contribution in [-0.4, -0.2) is 24.0 Å². The Hall–Kier alpha value is -0.190. The van der Waals surface area contributed by atoms with Crippen LogP contribution in [-0.2, 0) is 4.84 Å². The van der Waals surface area contributed by atoms with Gasteiger partial charge in [0.15, 0.2) is 0 Å². The van der Waals surface area contributed by atoms with Crippen molar-refractivity contribution >= 4 is 40.4 Å². The average molecular weight is 248 g/mol. The van der Waals surface area contributed by atoms with Gasteiger partial charge in [0.2, 0.25) is 0 Å². The molecule has 1 aliphatic rings. The first-order valence-corrected chi connectivity index (χ1v) is 6.84. The Balaban J connectivity index is 2.09. The minimum absolute atomic E-state index is 0.0616. The Kier molecular flexibility index (Phi) is 3.36. The number of halogens is 1. The summed E-state index contributed by atoms with van der Waals surface area (Å²) in [6, 6.07) is 4.20. The summed E-state index contributed by atoms with van der Waals surface area (Å²) in [5.74, 6) is 0.508. The van der Waals surface area contributed by atoms with E-state index < -0.39 is 0 Å². The fraction of sp³-hybridized carbons (Fsp3) is 0.444. The molecule has 1 aromatic rings. The highest BCUT2D eigenvalue weighted by Gasteiger charge is 2.22. The van der Waals surface area contributed by atoms with Gasteiger partial charge < -0.3 is 4.84 Å². The highest BCUT2D eigenvalue weighted by atomic mass is 35.5. The van der Waals surface area contributed by atoms with Crippen LogP contribution in [0.5, 0.6) is 0 Å². The molecule has 1 unspecified atom stereocenters. The molecule has 0 saturated heterocycles. The first kappa shape index (κ1) is 10.3. The summed E-state index contributed by atoms with van der Waals surface area (Å²) < 4.78 is 1.30. The molecule has 0 fully saturated rings. The topological polar surface area (TPSA) is 21.6 Å². The molecule has 76 valence electrons. The summed E-state index contributed by atoms with van der Waals surface area (Å²) in [6.45, 7) is 0. The summed E-state index contributed by atoms with van der Waals surface area (Å²) in [4.78, 5) is 6.36. The second-order valence-electron chi connectivity index (χ2n) is 2.95. The van der Waals surface area contributed by atoms with Crippen LogP contribution in [0.15, 0.2) is 21.5 Å². The molecule has 2 nitrogen and oxygen atoms in total. The number of thioether (sulfide) groups is 1. The predicted octanol–water partition coefficient (Wildman–Crippen LogP) is 3.20. The summed E-state index contributed by atoms with van der Waals surface area (Å²) >= 11 is 9.20. The number of rotatable bonds is 3. The zero-order valence-electron chi connectivity index (χ0n) is 7.70. The van der Waals surface area contributed by atoms with E-state index >= 15 is 0 Å². The Labute approximate surface area is 96.3 Å². The second kappa shape index (κ2) is 4.55. The van der Waals surface area contributed by atoms with E-state index in [9.17, 15) is 0 Å². The van der Waals surface area contributed by atoms with Gasteiger partial charge in [-0.2, -0.15) is 0 Å². The SMILES string of the molecule is CSc1ccc(C2=NOC(CCl)C2)s1.